The molecule has 1 rings (SSSR count). The Morgan fingerprint density at radius 2 is 2.29 bits per heavy atom. The molecule has 6 heteroatoms. The van der Waals surface area contributed by atoms with Gasteiger partial charge in [0.05, 0.1) is 12.0 Å². The van der Waals surface area contributed by atoms with E-state index >= 15 is 0 Å². The minimum absolute atomic E-state index is 0.0334. The minimum Gasteiger partial charge on any atom is -0.490 e. The zero-order valence-corrected chi connectivity index (χ0v) is 9.68. The van der Waals surface area contributed by atoms with Gasteiger partial charge in [-0.3, -0.25) is 10.1 Å². The Morgan fingerprint density at radius 1 is 1.53 bits per heavy atom. The Balaban J connectivity index is 2.68. The van der Waals surface area contributed by atoms with E-state index in [0.717, 1.165) is 5.56 Å². The van der Waals surface area contributed by atoms with Gasteiger partial charge in [0.15, 0.2) is 5.75 Å². The summed E-state index contributed by atoms with van der Waals surface area (Å²) < 4.78 is 4.91. The van der Waals surface area contributed by atoms with Crippen LogP contribution < -0.4 is 10.1 Å². The van der Waals surface area contributed by atoms with E-state index in [2.05, 4.69) is 5.32 Å². The quantitative estimate of drug-likeness (QED) is 0.423. The van der Waals surface area contributed by atoms with Crippen LogP contribution >= 0.6 is 0 Å². The molecule has 0 aromatic heterocycles. The molecule has 1 aromatic rings. The van der Waals surface area contributed by atoms with E-state index in [1.165, 1.54) is 13.2 Å². The van der Waals surface area contributed by atoms with Crippen LogP contribution in [-0.2, 0) is 6.54 Å². The van der Waals surface area contributed by atoms with Crippen LogP contribution in [0.25, 0.3) is 0 Å². The number of benzene rings is 1. The van der Waals surface area contributed by atoms with Crippen molar-refractivity contribution in [2.45, 2.75) is 13.0 Å². The SMILES string of the molecule is COc1ccc(CNCCCO)cc1[N+](=O)[O-]. The standard InChI is InChI=1S/C11H16N2O4/c1-17-11-4-3-9(7-10(11)13(15)16)8-12-5-2-6-14/h3-4,7,12,14H,2,5-6,8H2,1H3. The number of ether oxygens (including phenoxy) is 1. The van der Waals surface area contributed by atoms with Crippen molar-refractivity contribution in [3.05, 3.63) is 33.9 Å². The van der Waals surface area contributed by atoms with Crippen molar-refractivity contribution < 1.29 is 14.8 Å². The number of rotatable bonds is 7. The van der Waals surface area contributed by atoms with Gasteiger partial charge in [0.1, 0.15) is 0 Å². The summed E-state index contributed by atoms with van der Waals surface area (Å²) in [7, 11) is 1.40. The molecule has 2 N–H and O–H groups in total. The maximum Gasteiger partial charge on any atom is 0.311 e. The van der Waals surface area contributed by atoms with Gasteiger partial charge in [-0.15, -0.1) is 0 Å². The lowest BCUT2D eigenvalue weighted by Gasteiger charge is -2.06. The van der Waals surface area contributed by atoms with Crippen molar-refractivity contribution in [1.82, 2.24) is 5.32 Å². The minimum atomic E-state index is -0.462. The molecular weight excluding hydrogens is 224 g/mol. The molecular formula is C11H16N2O4. The van der Waals surface area contributed by atoms with Crippen molar-refractivity contribution in [2.24, 2.45) is 0 Å². The Labute approximate surface area is 99.4 Å². The van der Waals surface area contributed by atoms with Crippen LogP contribution in [0.3, 0.4) is 0 Å². The highest BCUT2D eigenvalue weighted by atomic mass is 16.6. The lowest BCUT2D eigenvalue weighted by Crippen LogP contribution is -2.15. The monoisotopic (exact) mass is 240 g/mol. The third kappa shape index (κ3) is 4.01. The number of hydrogen-bond donors (Lipinski definition) is 2. The van der Waals surface area contributed by atoms with Crippen molar-refractivity contribution >= 4 is 5.69 Å². The third-order valence-electron chi connectivity index (χ3n) is 2.28. The van der Waals surface area contributed by atoms with E-state index in [1.807, 2.05) is 0 Å². The summed E-state index contributed by atoms with van der Waals surface area (Å²) >= 11 is 0. The van der Waals surface area contributed by atoms with E-state index in [0.29, 0.717) is 19.5 Å². The summed E-state index contributed by atoms with van der Waals surface area (Å²) in [5.41, 5.74) is 0.782. The van der Waals surface area contributed by atoms with Gasteiger partial charge in [-0.1, -0.05) is 6.07 Å². The van der Waals surface area contributed by atoms with Crippen molar-refractivity contribution in [2.75, 3.05) is 20.3 Å². The molecule has 0 amide bonds. The van der Waals surface area contributed by atoms with Crippen LogP contribution in [-0.4, -0.2) is 30.3 Å². The molecule has 6 nitrogen and oxygen atoms in total. The number of methoxy groups -OCH3 is 1. The van der Waals surface area contributed by atoms with Crippen LogP contribution in [0, 0.1) is 10.1 Å². The van der Waals surface area contributed by atoms with Crippen LogP contribution in [0.4, 0.5) is 5.69 Å². The summed E-state index contributed by atoms with van der Waals surface area (Å²) in [6.07, 6.45) is 0.665. The van der Waals surface area contributed by atoms with E-state index in [9.17, 15) is 10.1 Å². The molecule has 0 atom stereocenters. The molecule has 0 heterocycles. The molecule has 0 spiro atoms. The van der Waals surface area contributed by atoms with E-state index < -0.39 is 4.92 Å². The Hall–Kier alpha value is -1.66. The predicted octanol–water partition coefficient (Wildman–Crippen LogP) is 1.08. The first kappa shape index (κ1) is 13.4. The van der Waals surface area contributed by atoms with Gasteiger partial charge in [0.25, 0.3) is 0 Å². The van der Waals surface area contributed by atoms with Gasteiger partial charge in [0.2, 0.25) is 0 Å². The molecule has 17 heavy (non-hydrogen) atoms. The van der Waals surface area contributed by atoms with Crippen molar-refractivity contribution in [1.29, 1.82) is 0 Å². The van der Waals surface area contributed by atoms with Gasteiger partial charge >= 0.3 is 5.69 Å². The molecule has 94 valence electrons. The number of nitro benzene ring substituents is 1. The van der Waals surface area contributed by atoms with Crippen LogP contribution in [0.5, 0.6) is 5.75 Å². The molecule has 0 saturated heterocycles. The second-order valence-corrected chi connectivity index (χ2v) is 3.52. The number of nitrogens with zero attached hydrogens (tertiary/aromatic N) is 1. The van der Waals surface area contributed by atoms with Gasteiger partial charge in [-0.05, 0) is 24.6 Å². The molecule has 0 fully saturated rings. The van der Waals surface area contributed by atoms with Gasteiger partial charge in [-0.2, -0.15) is 0 Å². The first-order valence-corrected chi connectivity index (χ1v) is 5.32. The number of nitrogens with one attached hydrogen (secondary N) is 1. The fraction of sp³-hybridized carbons (Fsp3) is 0.455. The molecule has 0 unspecified atom stereocenters. The molecule has 1 aromatic carbocycles. The number of aliphatic hydroxyl groups excluding tert-OH is 1. The first-order chi connectivity index (χ1) is 8.19. The van der Waals surface area contributed by atoms with Crippen LogP contribution in [0.1, 0.15) is 12.0 Å². The topological polar surface area (TPSA) is 84.6 Å². The van der Waals surface area contributed by atoms with E-state index in [1.54, 1.807) is 12.1 Å². The van der Waals surface area contributed by atoms with E-state index in [4.69, 9.17) is 9.84 Å². The summed E-state index contributed by atoms with van der Waals surface area (Å²) in [5, 5.41) is 22.5. The number of aliphatic hydroxyl groups is 1. The highest BCUT2D eigenvalue weighted by Crippen LogP contribution is 2.27. The van der Waals surface area contributed by atoms with Gasteiger partial charge in [-0.25, -0.2) is 0 Å². The highest BCUT2D eigenvalue weighted by molar-refractivity contribution is 5.48. The second kappa shape index (κ2) is 6.82. The molecule has 0 aliphatic rings. The van der Waals surface area contributed by atoms with Crippen LogP contribution in [0.15, 0.2) is 18.2 Å². The number of hydrogen-bond acceptors (Lipinski definition) is 5. The maximum atomic E-state index is 10.8. The lowest BCUT2D eigenvalue weighted by molar-refractivity contribution is -0.385. The summed E-state index contributed by atoms with van der Waals surface area (Å²) in [6, 6.07) is 4.85. The van der Waals surface area contributed by atoms with E-state index in [-0.39, 0.29) is 18.0 Å². The fourth-order valence-corrected chi connectivity index (χ4v) is 1.42. The average Bonchev–Trinajstić information content (AvgIpc) is 2.34. The summed E-state index contributed by atoms with van der Waals surface area (Å²) in [6.45, 7) is 1.34. The van der Waals surface area contributed by atoms with Crippen molar-refractivity contribution in [3.63, 3.8) is 0 Å². The zero-order valence-electron chi connectivity index (χ0n) is 9.68. The lowest BCUT2D eigenvalue weighted by atomic mass is 10.2. The average molecular weight is 240 g/mol. The largest absolute Gasteiger partial charge is 0.490 e. The van der Waals surface area contributed by atoms with Crippen molar-refractivity contribution in [3.8, 4) is 5.75 Å². The fourth-order valence-electron chi connectivity index (χ4n) is 1.42. The highest BCUT2D eigenvalue weighted by Gasteiger charge is 2.14. The first-order valence-electron chi connectivity index (χ1n) is 5.32. The van der Waals surface area contributed by atoms with Gasteiger partial charge in [0, 0.05) is 19.2 Å². The molecule has 0 saturated carbocycles. The van der Waals surface area contributed by atoms with Crippen LogP contribution in [0.2, 0.25) is 0 Å². The molecule has 0 aliphatic carbocycles. The normalized spacial score (nSPS) is 10.2. The Bertz CT molecular complexity index is 382. The smallest absolute Gasteiger partial charge is 0.311 e. The Kier molecular flexibility index (Phi) is 5.38. The Morgan fingerprint density at radius 3 is 2.88 bits per heavy atom. The maximum absolute atomic E-state index is 10.8. The number of nitro groups is 1. The third-order valence-corrected chi connectivity index (χ3v) is 2.28. The second-order valence-electron chi connectivity index (χ2n) is 3.52. The zero-order chi connectivity index (χ0) is 12.7. The molecule has 0 radical (unpaired) electrons. The predicted molar refractivity (Wildman–Crippen MR) is 63.1 cm³/mol. The summed E-state index contributed by atoms with van der Waals surface area (Å²) in [5.74, 6) is 0.258. The van der Waals surface area contributed by atoms with Gasteiger partial charge < -0.3 is 15.2 Å². The summed E-state index contributed by atoms with van der Waals surface area (Å²) in [4.78, 5) is 10.3. The molecule has 0 bridgehead atoms. The molecule has 0 aliphatic heterocycles.